The Morgan fingerprint density at radius 1 is 1.33 bits per heavy atom. The lowest BCUT2D eigenvalue weighted by atomic mass is 10.1. The van der Waals surface area contributed by atoms with Crippen LogP contribution in [0.3, 0.4) is 0 Å². The minimum atomic E-state index is -0.440. The lowest BCUT2D eigenvalue weighted by Gasteiger charge is -2.17. The van der Waals surface area contributed by atoms with Crippen molar-refractivity contribution in [3.8, 4) is 17.0 Å². The highest BCUT2D eigenvalue weighted by atomic mass is 16.5. The van der Waals surface area contributed by atoms with Crippen molar-refractivity contribution in [3.05, 3.63) is 48.8 Å². The molecule has 2 atom stereocenters. The van der Waals surface area contributed by atoms with E-state index >= 15 is 0 Å². The molecule has 2 heterocycles. The van der Waals surface area contributed by atoms with Gasteiger partial charge in [-0.15, -0.1) is 0 Å². The van der Waals surface area contributed by atoms with Crippen LogP contribution in [0.15, 0.2) is 48.8 Å². The summed E-state index contributed by atoms with van der Waals surface area (Å²) in [6, 6.07) is 11.5. The summed E-state index contributed by atoms with van der Waals surface area (Å²) in [4.78, 5) is 17.1. The van der Waals surface area contributed by atoms with Crippen LogP contribution >= 0.6 is 0 Å². The number of fused-ring (bicyclic) bond motifs is 1. The fourth-order valence-corrected chi connectivity index (χ4v) is 3.78. The number of aliphatic hydroxyl groups excluding tert-OH is 1. The number of methoxy groups -OCH3 is 1. The van der Waals surface area contributed by atoms with Gasteiger partial charge in [0.1, 0.15) is 12.3 Å². The molecule has 6 heteroatoms. The summed E-state index contributed by atoms with van der Waals surface area (Å²) in [7, 11) is 1.64. The molecule has 2 N–H and O–H groups in total. The fourth-order valence-electron chi connectivity index (χ4n) is 3.78. The molecule has 1 aliphatic rings. The quantitative estimate of drug-likeness (QED) is 0.729. The number of aromatic nitrogens is 2. The molecule has 6 nitrogen and oxygen atoms in total. The van der Waals surface area contributed by atoms with E-state index in [4.69, 9.17) is 4.74 Å². The SMILES string of the molecule is COc1cccc(-c2nccc3ccn(CC(=O)N[C@H]4CCC[C@@H]4O)c23)c1. The lowest BCUT2D eigenvalue weighted by molar-refractivity contribution is -0.122. The van der Waals surface area contributed by atoms with Crippen LogP contribution in [0.5, 0.6) is 5.75 Å². The second-order valence-electron chi connectivity index (χ2n) is 6.95. The maximum Gasteiger partial charge on any atom is 0.240 e. The molecule has 0 saturated heterocycles. The van der Waals surface area contributed by atoms with Gasteiger partial charge < -0.3 is 19.7 Å². The number of hydrogen-bond donors (Lipinski definition) is 2. The summed E-state index contributed by atoms with van der Waals surface area (Å²) in [6.07, 6.45) is 5.76. The van der Waals surface area contributed by atoms with Crippen molar-refractivity contribution in [1.82, 2.24) is 14.9 Å². The Morgan fingerprint density at radius 2 is 2.22 bits per heavy atom. The van der Waals surface area contributed by atoms with Gasteiger partial charge >= 0.3 is 0 Å². The summed E-state index contributed by atoms with van der Waals surface area (Å²) < 4.78 is 7.24. The molecular weight excluding hydrogens is 342 g/mol. The third kappa shape index (κ3) is 3.53. The smallest absolute Gasteiger partial charge is 0.240 e. The molecule has 27 heavy (non-hydrogen) atoms. The van der Waals surface area contributed by atoms with Crippen LogP contribution in [0.2, 0.25) is 0 Å². The normalized spacial score (nSPS) is 19.3. The van der Waals surface area contributed by atoms with Crippen LogP contribution in [0, 0.1) is 0 Å². The largest absolute Gasteiger partial charge is 0.497 e. The van der Waals surface area contributed by atoms with Gasteiger partial charge in [-0.05, 0) is 43.5 Å². The maximum atomic E-state index is 12.5. The zero-order valence-corrected chi connectivity index (χ0v) is 15.3. The minimum Gasteiger partial charge on any atom is -0.497 e. The number of rotatable bonds is 5. The van der Waals surface area contributed by atoms with Crippen molar-refractivity contribution in [3.63, 3.8) is 0 Å². The molecule has 0 spiro atoms. The number of hydrogen-bond acceptors (Lipinski definition) is 4. The van der Waals surface area contributed by atoms with Crippen LogP contribution in [0.4, 0.5) is 0 Å². The Balaban J connectivity index is 1.65. The molecular formula is C21H23N3O3. The van der Waals surface area contributed by atoms with Crippen molar-refractivity contribution in [2.45, 2.75) is 38.0 Å². The van der Waals surface area contributed by atoms with Gasteiger partial charge in [-0.25, -0.2) is 0 Å². The molecule has 0 radical (unpaired) electrons. The van der Waals surface area contributed by atoms with E-state index in [0.717, 1.165) is 47.2 Å². The number of pyridine rings is 1. The summed E-state index contributed by atoms with van der Waals surface area (Å²) in [5.74, 6) is 0.663. The van der Waals surface area contributed by atoms with Crippen molar-refractivity contribution >= 4 is 16.8 Å². The van der Waals surface area contributed by atoms with E-state index in [2.05, 4.69) is 10.3 Å². The Kier molecular flexibility index (Phi) is 4.81. The Bertz CT molecular complexity index is 966. The van der Waals surface area contributed by atoms with Gasteiger partial charge in [0.2, 0.25) is 5.91 Å². The summed E-state index contributed by atoms with van der Waals surface area (Å²) in [5.41, 5.74) is 2.66. The first-order valence-corrected chi connectivity index (χ1v) is 9.21. The summed E-state index contributed by atoms with van der Waals surface area (Å²) >= 11 is 0. The average molecular weight is 365 g/mol. The van der Waals surface area contributed by atoms with Crippen LogP contribution in [0.1, 0.15) is 19.3 Å². The molecule has 1 fully saturated rings. The van der Waals surface area contributed by atoms with Crippen molar-refractivity contribution in [1.29, 1.82) is 0 Å². The van der Waals surface area contributed by atoms with E-state index in [1.54, 1.807) is 13.3 Å². The van der Waals surface area contributed by atoms with Crippen molar-refractivity contribution in [2.24, 2.45) is 0 Å². The monoisotopic (exact) mass is 365 g/mol. The van der Waals surface area contributed by atoms with Gasteiger partial charge in [0.25, 0.3) is 0 Å². The first-order valence-electron chi connectivity index (χ1n) is 9.21. The average Bonchev–Trinajstić information content (AvgIpc) is 3.28. The third-order valence-electron chi connectivity index (χ3n) is 5.16. The fraction of sp³-hybridized carbons (Fsp3) is 0.333. The summed E-state index contributed by atoms with van der Waals surface area (Å²) in [6.45, 7) is 0.190. The number of benzene rings is 1. The van der Waals surface area contributed by atoms with Crippen LogP contribution in [-0.2, 0) is 11.3 Å². The number of nitrogens with zero attached hydrogens (tertiary/aromatic N) is 2. The number of amides is 1. The van der Waals surface area contributed by atoms with Gasteiger partial charge in [-0.3, -0.25) is 9.78 Å². The zero-order valence-electron chi connectivity index (χ0n) is 15.3. The number of carbonyl (C=O) groups is 1. The molecule has 0 aliphatic heterocycles. The van der Waals surface area contributed by atoms with E-state index in [9.17, 15) is 9.90 Å². The Labute approximate surface area is 157 Å². The second kappa shape index (κ2) is 7.40. The molecule has 1 amide bonds. The molecule has 1 aromatic carbocycles. The van der Waals surface area contributed by atoms with Crippen LogP contribution in [0.25, 0.3) is 22.2 Å². The molecule has 0 unspecified atom stereocenters. The van der Waals surface area contributed by atoms with E-state index in [-0.39, 0.29) is 18.5 Å². The first-order chi connectivity index (χ1) is 13.2. The molecule has 4 rings (SSSR count). The standard InChI is InChI=1S/C21H23N3O3/c1-27-16-5-2-4-15(12-16)20-21-14(8-10-22-20)9-11-24(21)13-19(26)23-17-6-3-7-18(17)25/h2,4-5,8-12,17-18,25H,3,6-7,13H2,1H3,(H,23,26)/t17-,18-/m0/s1. The van der Waals surface area contributed by atoms with E-state index in [0.29, 0.717) is 0 Å². The minimum absolute atomic E-state index is 0.0982. The molecule has 140 valence electrons. The Morgan fingerprint density at radius 3 is 3.00 bits per heavy atom. The number of ether oxygens (including phenoxy) is 1. The van der Waals surface area contributed by atoms with E-state index in [1.807, 2.05) is 47.2 Å². The number of nitrogens with one attached hydrogen (secondary N) is 1. The van der Waals surface area contributed by atoms with E-state index in [1.165, 1.54) is 0 Å². The molecule has 1 aliphatic carbocycles. The highest BCUT2D eigenvalue weighted by molar-refractivity contribution is 5.93. The van der Waals surface area contributed by atoms with Gasteiger partial charge in [-0.2, -0.15) is 0 Å². The third-order valence-corrected chi connectivity index (χ3v) is 5.16. The van der Waals surface area contributed by atoms with Gasteiger partial charge in [0.05, 0.1) is 30.5 Å². The number of carbonyl (C=O) groups excluding carboxylic acids is 1. The van der Waals surface area contributed by atoms with Gasteiger partial charge in [-0.1, -0.05) is 12.1 Å². The van der Waals surface area contributed by atoms with Crippen LogP contribution in [-0.4, -0.2) is 39.8 Å². The first kappa shape index (κ1) is 17.5. The van der Waals surface area contributed by atoms with Gasteiger partial charge in [0, 0.05) is 23.3 Å². The maximum absolute atomic E-state index is 12.5. The molecule has 3 aromatic rings. The highest BCUT2D eigenvalue weighted by Gasteiger charge is 2.26. The predicted octanol–water partition coefficient (Wildman–Crippen LogP) is 2.74. The molecule has 2 aromatic heterocycles. The van der Waals surface area contributed by atoms with Gasteiger partial charge in [0.15, 0.2) is 0 Å². The molecule has 0 bridgehead atoms. The van der Waals surface area contributed by atoms with Crippen molar-refractivity contribution < 1.29 is 14.6 Å². The summed E-state index contributed by atoms with van der Waals surface area (Å²) in [5, 5.41) is 13.9. The lowest BCUT2D eigenvalue weighted by Crippen LogP contribution is -2.41. The highest BCUT2D eigenvalue weighted by Crippen LogP contribution is 2.29. The number of aliphatic hydroxyl groups is 1. The van der Waals surface area contributed by atoms with Crippen LogP contribution < -0.4 is 10.1 Å². The van der Waals surface area contributed by atoms with Crippen molar-refractivity contribution in [2.75, 3.05) is 7.11 Å². The van der Waals surface area contributed by atoms with E-state index < -0.39 is 6.10 Å². The zero-order chi connectivity index (χ0) is 18.8. The topological polar surface area (TPSA) is 76.4 Å². The second-order valence-corrected chi connectivity index (χ2v) is 6.95. The predicted molar refractivity (Wildman–Crippen MR) is 104 cm³/mol. The Hall–Kier alpha value is -2.86. The molecule has 1 saturated carbocycles.